The third-order valence-corrected chi connectivity index (χ3v) is 5.55. The monoisotopic (exact) mass is 421 g/mol. The first-order chi connectivity index (χ1) is 14.4. The van der Waals surface area contributed by atoms with Gasteiger partial charge < -0.3 is 15.4 Å². The summed E-state index contributed by atoms with van der Waals surface area (Å²) < 4.78 is 30.5. The Morgan fingerprint density at radius 3 is 2.43 bits per heavy atom. The Labute approximate surface area is 174 Å². The molecule has 30 heavy (non-hydrogen) atoms. The van der Waals surface area contributed by atoms with E-state index in [1.807, 2.05) is 24.3 Å². The molecule has 1 aliphatic heterocycles. The topological polar surface area (TPSA) is 111 Å². The fraction of sp³-hybridized carbons (Fsp3) is 0.0455. The second-order valence-electron chi connectivity index (χ2n) is 6.66. The summed E-state index contributed by atoms with van der Waals surface area (Å²) in [5.74, 6) is 0.294. The summed E-state index contributed by atoms with van der Waals surface area (Å²) in [6, 6.07) is 19.2. The number of sulfonamides is 1. The highest BCUT2D eigenvalue weighted by Crippen LogP contribution is 2.39. The van der Waals surface area contributed by atoms with Crippen LogP contribution in [-0.4, -0.2) is 21.4 Å². The van der Waals surface area contributed by atoms with Gasteiger partial charge in [0.05, 0.1) is 5.69 Å². The van der Waals surface area contributed by atoms with Crippen LogP contribution in [0.5, 0.6) is 11.5 Å². The lowest BCUT2D eigenvalue weighted by molar-refractivity contribution is -0.110. The van der Waals surface area contributed by atoms with Crippen LogP contribution in [0.15, 0.2) is 71.6 Å². The minimum absolute atomic E-state index is 0.0876. The summed E-state index contributed by atoms with van der Waals surface area (Å²) in [6.45, 7) is 0. The molecule has 0 radical (unpaired) electrons. The number of fused-ring (bicyclic) bond motifs is 1. The van der Waals surface area contributed by atoms with Crippen molar-refractivity contribution in [3.05, 3.63) is 77.9 Å². The molecule has 0 aromatic heterocycles. The number of para-hydroxylation sites is 2. The number of hydrogen-bond donors (Lipinski definition) is 3. The van der Waals surface area contributed by atoms with E-state index in [-0.39, 0.29) is 16.6 Å². The minimum atomic E-state index is -4.11. The number of rotatable bonds is 5. The van der Waals surface area contributed by atoms with Crippen LogP contribution < -0.4 is 20.5 Å². The number of carbonyl (C=O) groups excluding carboxylic acids is 1. The highest BCUT2D eigenvalue weighted by molar-refractivity contribution is 7.89. The summed E-state index contributed by atoms with van der Waals surface area (Å²) in [5, 5.41) is 11.2. The van der Waals surface area contributed by atoms with Gasteiger partial charge in [-0.3, -0.25) is 4.79 Å². The average molecular weight is 421 g/mol. The zero-order valence-electron chi connectivity index (χ0n) is 16.0. The van der Waals surface area contributed by atoms with Gasteiger partial charge >= 0.3 is 0 Å². The Hall–Kier alpha value is -3.62. The molecule has 8 heteroatoms. The van der Waals surface area contributed by atoms with Crippen LogP contribution in [0.1, 0.15) is 11.1 Å². The summed E-state index contributed by atoms with van der Waals surface area (Å²) in [5.41, 5.74) is 2.80. The molecule has 1 amide bonds. The van der Waals surface area contributed by atoms with Crippen molar-refractivity contribution in [3.63, 3.8) is 0 Å². The first-order valence-electron chi connectivity index (χ1n) is 9.11. The predicted octanol–water partition coefficient (Wildman–Crippen LogP) is 3.66. The van der Waals surface area contributed by atoms with Crippen molar-refractivity contribution in [1.82, 2.24) is 0 Å². The SMILES string of the molecule is CNc1cc(/C=C2\C(=O)Nc3ccccc32)cc(S(N)(=O)=O)c1Oc1ccccc1. The van der Waals surface area contributed by atoms with Gasteiger partial charge in [-0.1, -0.05) is 36.4 Å². The minimum Gasteiger partial charge on any atom is -0.454 e. The Bertz CT molecular complexity index is 1270. The predicted molar refractivity (Wildman–Crippen MR) is 117 cm³/mol. The lowest BCUT2D eigenvalue weighted by Crippen LogP contribution is -2.14. The average Bonchev–Trinajstić information content (AvgIpc) is 3.04. The fourth-order valence-corrected chi connectivity index (χ4v) is 3.97. The zero-order chi connectivity index (χ0) is 21.3. The van der Waals surface area contributed by atoms with E-state index in [9.17, 15) is 13.2 Å². The van der Waals surface area contributed by atoms with E-state index < -0.39 is 10.0 Å². The molecule has 152 valence electrons. The lowest BCUT2D eigenvalue weighted by Gasteiger charge is -2.16. The summed E-state index contributed by atoms with van der Waals surface area (Å²) in [6.07, 6.45) is 1.63. The van der Waals surface area contributed by atoms with Crippen LogP contribution in [0, 0.1) is 0 Å². The number of hydrogen-bond acceptors (Lipinski definition) is 5. The first-order valence-corrected chi connectivity index (χ1v) is 10.7. The standard InChI is InChI=1S/C22H19N3O4S/c1-24-19-12-14(11-17-16-9-5-6-10-18(16)25-22(17)26)13-20(30(23,27)28)21(19)29-15-7-3-2-4-8-15/h2-13,24H,1H3,(H,25,26)(H2,23,27,28)/b17-11-. The van der Waals surface area contributed by atoms with Crippen molar-refractivity contribution in [2.75, 3.05) is 17.7 Å². The molecule has 0 saturated heterocycles. The third-order valence-electron chi connectivity index (χ3n) is 4.64. The zero-order valence-corrected chi connectivity index (χ0v) is 16.9. The molecule has 0 fully saturated rings. The number of amides is 1. The Balaban J connectivity index is 1.86. The molecule has 0 aliphatic carbocycles. The summed E-state index contributed by atoms with van der Waals surface area (Å²) in [4.78, 5) is 12.2. The number of ether oxygens (including phenoxy) is 1. The molecule has 4 rings (SSSR count). The number of carbonyl (C=O) groups is 1. The third kappa shape index (κ3) is 3.78. The maximum atomic E-state index is 12.4. The number of nitrogens with one attached hydrogen (secondary N) is 2. The molecular formula is C22H19N3O4S. The number of primary sulfonamides is 1. The smallest absolute Gasteiger partial charge is 0.256 e. The number of anilines is 2. The lowest BCUT2D eigenvalue weighted by atomic mass is 10.0. The fourth-order valence-electron chi connectivity index (χ4n) is 3.26. The molecule has 3 aromatic carbocycles. The quantitative estimate of drug-likeness (QED) is 0.545. The van der Waals surface area contributed by atoms with Crippen LogP contribution >= 0.6 is 0 Å². The van der Waals surface area contributed by atoms with Gasteiger partial charge in [-0.05, 0) is 42.0 Å². The molecule has 0 unspecified atom stereocenters. The van der Waals surface area contributed by atoms with Crippen LogP contribution in [0.4, 0.5) is 11.4 Å². The highest BCUT2D eigenvalue weighted by Gasteiger charge is 2.25. The summed E-state index contributed by atoms with van der Waals surface area (Å²) >= 11 is 0. The molecule has 1 heterocycles. The summed E-state index contributed by atoms with van der Waals surface area (Å²) in [7, 11) is -2.46. The molecule has 0 saturated carbocycles. The van der Waals surface area contributed by atoms with Crippen molar-refractivity contribution in [2.45, 2.75) is 4.90 Å². The van der Waals surface area contributed by atoms with E-state index >= 15 is 0 Å². The molecule has 3 aromatic rings. The van der Waals surface area contributed by atoms with Crippen molar-refractivity contribution >= 4 is 39.0 Å². The molecule has 4 N–H and O–H groups in total. The number of benzene rings is 3. The van der Waals surface area contributed by atoms with E-state index in [0.717, 1.165) is 5.56 Å². The number of nitrogens with two attached hydrogens (primary N) is 1. The molecule has 7 nitrogen and oxygen atoms in total. The maximum absolute atomic E-state index is 12.4. The molecule has 0 spiro atoms. The molecular weight excluding hydrogens is 402 g/mol. The Morgan fingerprint density at radius 2 is 1.73 bits per heavy atom. The van der Waals surface area contributed by atoms with Gasteiger partial charge in [0.15, 0.2) is 5.75 Å². The maximum Gasteiger partial charge on any atom is 0.256 e. The van der Waals surface area contributed by atoms with E-state index in [2.05, 4.69) is 10.6 Å². The first kappa shape index (κ1) is 19.7. The molecule has 0 bridgehead atoms. The Kier molecular flexibility index (Phi) is 5.03. The van der Waals surface area contributed by atoms with Gasteiger partial charge in [0, 0.05) is 23.9 Å². The molecule has 1 aliphatic rings. The van der Waals surface area contributed by atoms with Crippen molar-refractivity contribution in [3.8, 4) is 11.5 Å². The van der Waals surface area contributed by atoms with E-state index in [4.69, 9.17) is 9.88 Å². The van der Waals surface area contributed by atoms with Crippen molar-refractivity contribution in [2.24, 2.45) is 5.14 Å². The second kappa shape index (κ2) is 7.66. The van der Waals surface area contributed by atoms with Crippen LogP contribution in [0.3, 0.4) is 0 Å². The largest absolute Gasteiger partial charge is 0.454 e. The van der Waals surface area contributed by atoms with Gasteiger partial charge in [0.25, 0.3) is 5.91 Å². The van der Waals surface area contributed by atoms with Gasteiger partial charge in [-0.2, -0.15) is 0 Å². The highest BCUT2D eigenvalue weighted by atomic mass is 32.2. The van der Waals surface area contributed by atoms with Gasteiger partial charge in [0.2, 0.25) is 10.0 Å². The van der Waals surface area contributed by atoms with Crippen LogP contribution in [-0.2, 0) is 14.8 Å². The van der Waals surface area contributed by atoms with Crippen LogP contribution in [0.25, 0.3) is 11.6 Å². The normalized spacial score (nSPS) is 14.3. The van der Waals surface area contributed by atoms with Crippen LogP contribution in [0.2, 0.25) is 0 Å². The van der Waals surface area contributed by atoms with Crippen molar-refractivity contribution in [1.29, 1.82) is 0 Å². The van der Waals surface area contributed by atoms with Crippen molar-refractivity contribution < 1.29 is 17.9 Å². The Morgan fingerprint density at radius 1 is 1.03 bits per heavy atom. The second-order valence-corrected chi connectivity index (χ2v) is 8.19. The van der Waals surface area contributed by atoms with E-state index in [1.165, 1.54) is 6.07 Å². The van der Waals surface area contributed by atoms with Gasteiger partial charge in [-0.15, -0.1) is 0 Å². The van der Waals surface area contributed by atoms with E-state index in [1.54, 1.807) is 49.5 Å². The van der Waals surface area contributed by atoms with E-state index in [0.29, 0.717) is 28.3 Å². The van der Waals surface area contributed by atoms with Gasteiger partial charge in [0.1, 0.15) is 10.6 Å². The molecule has 0 atom stereocenters. The van der Waals surface area contributed by atoms with Gasteiger partial charge in [-0.25, -0.2) is 13.6 Å².